The normalized spacial score (nSPS) is 11.2. The zero-order valence-electron chi connectivity index (χ0n) is 10.3. The second kappa shape index (κ2) is 5.61. The van der Waals surface area contributed by atoms with Gasteiger partial charge >= 0.3 is 6.18 Å². The van der Waals surface area contributed by atoms with Gasteiger partial charge in [-0.2, -0.15) is 13.2 Å². The molecule has 0 aliphatic carbocycles. The van der Waals surface area contributed by atoms with Crippen LogP contribution in [0.4, 0.5) is 18.9 Å². The van der Waals surface area contributed by atoms with Gasteiger partial charge in [-0.15, -0.1) is 0 Å². The number of halogens is 4. The van der Waals surface area contributed by atoms with Gasteiger partial charge in [-0.25, -0.2) is 0 Å². The number of pyridine rings is 1. The summed E-state index contributed by atoms with van der Waals surface area (Å²) in [6, 6.07) is 5.54. The predicted octanol–water partition coefficient (Wildman–Crippen LogP) is 3.30. The van der Waals surface area contributed by atoms with Crippen LogP contribution in [0.3, 0.4) is 0 Å². The van der Waals surface area contributed by atoms with E-state index in [2.05, 4.69) is 10.3 Å². The maximum atomic E-state index is 12.9. The van der Waals surface area contributed by atoms with E-state index in [-0.39, 0.29) is 10.6 Å². The van der Waals surface area contributed by atoms with Crippen LogP contribution in [0.25, 0.3) is 0 Å². The molecule has 2 N–H and O–H groups in total. The fourth-order valence-electron chi connectivity index (χ4n) is 1.65. The minimum atomic E-state index is -4.68. The summed E-state index contributed by atoms with van der Waals surface area (Å²) in [6.45, 7) is 0. The molecule has 1 aromatic heterocycles. The number of alkyl halides is 3. The third kappa shape index (κ3) is 3.43. The average Bonchev–Trinajstić information content (AvgIpc) is 2.40. The number of aromatic amines is 1. The summed E-state index contributed by atoms with van der Waals surface area (Å²) in [7, 11) is 0. The highest BCUT2D eigenvalue weighted by Gasteiger charge is 2.34. The van der Waals surface area contributed by atoms with Crippen LogP contribution in [0.2, 0.25) is 5.02 Å². The van der Waals surface area contributed by atoms with Gasteiger partial charge in [0.1, 0.15) is 5.56 Å². The molecule has 0 atom stereocenters. The Morgan fingerprint density at radius 2 is 1.95 bits per heavy atom. The molecule has 2 aromatic rings. The lowest BCUT2D eigenvalue weighted by atomic mass is 10.1. The van der Waals surface area contributed by atoms with Gasteiger partial charge in [-0.1, -0.05) is 11.6 Å². The van der Waals surface area contributed by atoms with Crippen molar-refractivity contribution >= 4 is 23.2 Å². The molecule has 0 radical (unpaired) electrons. The van der Waals surface area contributed by atoms with Crippen LogP contribution in [-0.2, 0) is 6.18 Å². The summed E-state index contributed by atoms with van der Waals surface area (Å²) >= 11 is 5.53. The number of aromatic nitrogens is 1. The molecular weight excluding hydrogens is 309 g/mol. The Morgan fingerprint density at radius 1 is 1.24 bits per heavy atom. The van der Waals surface area contributed by atoms with Crippen LogP contribution in [0.5, 0.6) is 0 Å². The van der Waals surface area contributed by atoms with Crippen molar-refractivity contribution in [3.8, 4) is 0 Å². The summed E-state index contributed by atoms with van der Waals surface area (Å²) in [4.78, 5) is 25.6. The summed E-state index contributed by atoms with van der Waals surface area (Å²) in [6.07, 6.45) is -3.38. The fourth-order valence-corrected chi connectivity index (χ4v) is 1.82. The largest absolute Gasteiger partial charge is 0.418 e. The summed E-state index contributed by atoms with van der Waals surface area (Å²) in [5, 5.41) is 1.95. The van der Waals surface area contributed by atoms with Gasteiger partial charge in [-0.3, -0.25) is 9.59 Å². The standard InChI is InChI=1S/C13H8ClF3N2O2/c14-7-3-4-10(9(6-7)13(15,16)17)19-12(21)8-2-1-5-18-11(8)20/h1-6H,(H,18,20)(H,19,21). The number of amides is 1. The number of carbonyl (C=O) groups is 1. The Bertz CT molecular complexity index is 741. The number of carbonyl (C=O) groups excluding carboxylic acids is 1. The number of hydrogen-bond donors (Lipinski definition) is 2. The Hall–Kier alpha value is -2.28. The lowest BCUT2D eigenvalue weighted by Crippen LogP contribution is -2.23. The van der Waals surface area contributed by atoms with Crippen molar-refractivity contribution in [2.45, 2.75) is 6.18 Å². The lowest BCUT2D eigenvalue weighted by molar-refractivity contribution is -0.136. The van der Waals surface area contributed by atoms with E-state index in [0.717, 1.165) is 6.07 Å². The second-order valence-electron chi connectivity index (χ2n) is 4.05. The first-order valence-electron chi connectivity index (χ1n) is 5.65. The molecule has 2 rings (SSSR count). The molecule has 0 fully saturated rings. The van der Waals surface area contributed by atoms with Crippen molar-refractivity contribution in [3.05, 3.63) is 63.0 Å². The first kappa shape index (κ1) is 15.1. The minimum Gasteiger partial charge on any atom is -0.328 e. The number of hydrogen-bond acceptors (Lipinski definition) is 2. The molecule has 1 amide bonds. The molecule has 0 unspecified atom stereocenters. The first-order valence-corrected chi connectivity index (χ1v) is 6.02. The van der Waals surface area contributed by atoms with E-state index in [0.29, 0.717) is 6.07 Å². The van der Waals surface area contributed by atoms with Gasteiger partial charge in [0.25, 0.3) is 11.5 Å². The van der Waals surface area contributed by atoms with E-state index in [9.17, 15) is 22.8 Å². The van der Waals surface area contributed by atoms with Crippen LogP contribution in [0, 0.1) is 0 Å². The Balaban J connectivity index is 2.39. The highest BCUT2D eigenvalue weighted by molar-refractivity contribution is 6.30. The van der Waals surface area contributed by atoms with E-state index >= 15 is 0 Å². The third-order valence-corrected chi connectivity index (χ3v) is 2.83. The van der Waals surface area contributed by atoms with Crippen LogP contribution >= 0.6 is 11.6 Å². The molecule has 8 heteroatoms. The molecule has 0 aliphatic rings. The smallest absolute Gasteiger partial charge is 0.328 e. The van der Waals surface area contributed by atoms with Crippen molar-refractivity contribution in [1.82, 2.24) is 4.98 Å². The SMILES string of the molecule is O=C(Nc1ccc(Cl)cc1C(F)(F)F)c1ccc[nH]c1=O. The summed E-state index contributed by atoms with van der Waals surface area (Å²) in [5.74, 6) is -0.940. The molecule has 1 heterocycles. The van der Waals surface area contributed by atoms with Crippen molar-refractivity contribution in [2.24, 2.45) is 0 Å². The second-order valence-corrected chi connectivity index (χ2v) is 4.49. The highest BCUT2D eigenvalue weighted by Crippen LogP contribution is 2.36. The van der Waals surface area contributed by atoms with Gasteiger partial charge < -0.3 is 10.3 Å². The number of benzene rings is 1. The summed E-state index contributed by atoms with van der Waals surface area (Å²) in [5.41, 5.74) is -2.55. The van der Waals surface area contributed by atoms with Crippen LogP contribution in [-0.4, -0.2) is 10.9 Å². The monoisotopic (exact) mass is 316 g/mol. The number of anilines is 1. The van der Waals surface area contributed by atoms with E-state index in [1.165, 1.54) is 24.4 Å². The van der Waals surface area contributed by atoms with Crippen LogP contribution < -0.4 is 10.9 Å². The predicted molar refractivity (Wildman–Crippen MR) is 71.5 cm³/mol. The molecule has 4 nitrogen and oxygen atoms in total. The minimum absolute atomic E-state index is 0.113. The maximum Gasteiger partial charge on any atom is 0.418 e. The van der Waals surface area contributed by atoms with Gasteiger partial charge in [0.15, 0.2) is 0 Å². The van der Waals surface area contributed by atoms with Crippen molar-refractivity contribution in [2.75, 3.05) is 5.32 Å². The van der Waals surface area contributed by atoms with Gasteiger partial charge in [-0.05, 0) is 30.3 Å². The summed E-state index contributed by atoms with van der Waals surface area (Å²) < 4.78 is 38.6. The molecule has 0 saturated heterocycles. The Morgan fingerprint density at radius 3 is 2.57 bits per heavy atom. The fraction of sp³-hybridized carbons (Fsp3) is 0.0769. The maximum absolute atomic E-state index is 12.9. The number of H-pyrrole nitrogens is 1. The van der Waals surface area contributed by atoms with E-state index in [1.54, 1.807) is 0 Å². The lowest BCUT2D eigenvalue weighted by Gasteiger charge is -2.13. The van der Waals surface area contributed by atoms with Gasteiger partial charge in [0, 0.05) is 11.2 Å². The molecule has 1 aromatic carbocycles. The molecule has 0 saturated carbocycles. The molecule has 21 heavy (non-hydrogen) atoms. The number of nitrogens with one attached hydrogen (secondary N) is 2. The Labute approximate surface area is 121 Å². The van der Waals surface area contributed by atoms with Crippen molar-refractivity contribution in [3.63, 3.8) is 0 Å². The number of rotatable bonds is 2. The quantitative estimate of drug-likeness (QED) is 0.893. The van der Waals surface area contributed by atoms with E-state index in [4.69, 9.17) is 11.6 Å². The molecule has 0 bridgehead atoms. The van der Waals surface area contributed by atoms with Gasteiger partial charge in [0.2, 0.25) is 0 Å². The molecule has 0 aliphatic heterocycles. The van der Waals surface area contributed by atoms with E-state index in [1.807, 2.05) is 0 Å². The zero-order chi connectivity index (χ0) is 15.6. The third-order valence-electron chi connectivity index (χ3n) is 2.60. The average molecular weight is 317 g/mol. The van der Waals surface area contributed by atoms with Crippen LogP contribution in [0.15, 0.2) is 41.3 Å². The topological polar surface area (TPSA) is 62.0 Å². The Kier molecular flexibility index (Phi) is 4.04. The molecule has 110 valence electrons. The molecule has 0 spiro atoms. The van der Waals surface area contributed by atoms with Crippen molar-refractivity contribution in [1.29, 1.82) is 0 Å². The van der Waals surface area contributed by atoms with Gasteiger partial charge in [0.05, 0.1) is 11.3 Å². The van der Waals surface area contributed by atoms with Crippen molar-refractivity contribution < 1.29 is 18.0 Å². The highest BCUT2D eigenvalue weighted by atomic mass is 35.5. The first-order chi connectivity index (χ1) is 9.79. The molecular formula is C13H8ClF3N2O2. The van der Waals surface area contributed by atoms with E-state index < -0.39 is 28.9 Å². The van der Waals surface area contributed by atoms with Crippen LogP contribution in [0.1, 0.15) is 15.9 Å². The zero-order valence-corrected chi connectivity index (χ0v) is 11.0.